The number of allylic oxidation sites excluding steroid dienone is 4. The summed E-state index contributed by atoms with van der Waals surface area (Å²) < 4.78 is 46.9. The molecule has 4 aliphatic rings. The van der Waals surface area contributed by atoms with Crippen LogP contribution in [-0.2, 0) is 52.3 Å². The van der Waals surface area contributed by atoms with Crippen molar-refractivity contribution in [1.29, 1.82) is 0 Å². The Morgan fingerprint density at radius 1 is 1.10 bits per heavy atom. The minimum atomic E-state index is -1.15. The minimum absolute atomic E-state index is 0.0154. The molecule has 1 amide bonds. The van der Waals surface area contributed by atoms with Crippen LogP contribution in [0.5, 0.6) is 0 Å². The van der Waals surface area contributed by atoms with E-state index in [1.807, 2.05) is 71.1 Å². The van der Waals surface area contributed by atoms with E-state index in [9.17, 15) is 29.1 Å². The summed E-state index contributed by atoms with van der Waals surface area (Å²) in [6.07, 6.45) is 9.11. The van der Waals surface area contributed by atoms with Gasteiger partial charge in [0.25, 0.3) is 0 Å². The van der Waals surface area contributed by atoms with E-state index in [0.29, 0.717) is 30.2 Å². The van der Waals surface area contributed by atoms with Gasteiger partial charge in [-0.15, -0.1) is 0 Å². The standard InChI is InChI=1S/C43H58N2O14S2/c1-23(16-30-21-54-28(6)45-30)10-9-11-25(3)38(52-8)26(4)33-20-36(58-42(51)53-14-15-60-61-22-31(40(48)49)44-27(5)46)43(7)35(59-43)13-12-24(2)32-17-29(19-37(47)55-32)18-34-39(56-34)41(50)57-33/h9-13,16,21,24,26,29,31-36,38-39H,14-15,17-20,22H2,1-8H3,(H,44,46)(H,48,49)/b10-9+,13-12+,23-16+,25-11+/t24-,26+,29+,31+,32-,33+,34+,35-,36+,38+,39-,43+/m1/s1. The lowest BCUT2D eigenvalue weighted by Crippen LogP contribution is -2.43. The minimum Gasteiger partial charge on any atom is -0.480 e. The molecular formula is C43H58N2O14S2. The van der Waals surface area contributed by atoms with Crippen molar-refractivity contribution in [3.8, 4) is 0 Å². The van der Waals surface area contributed by atoms with Crippen LogP contribution < -0.4 is 5.32 Å². The highest BCUT2D eigenvalue weighted by molar-refractivity contribution is 8.76. The zero-order valence-corrected chi connectivity index (χ0v) is 37.5. The molecular weight excluding hydrogens is 833 g/mol. The summed E-state index contributed by atoms with van der Waals surface area (Å²) in [6.45, 7) is 12.5. The molecule has 2 N–H and O–H groups in total. The number of fused-ring (bicyclic) bond motifs is 4. The second-order valence-electron chi connectivity index (χ2n) is 16.2. The summed E-state index contributed by atoms with van der Waals surface area (Å²) >= 11 is 0. The molecule has 3 fully saturated rings. The summed E-state index contributed by atoms with van der Waals surface area (Å²) in [7, 11) is 4.07. The van der Waals surface area contributed by atoms with Gasteiger partial charge in [0.05, 0.1) is 12.2 Å². The first-order valence-corrected chi connectivity index (χ1v) is 22.9. The molecule has 18 heteroatoms. The van der Waals surface area contributed by atoms with Crippen molar-refractivity contribution < 1.29 is 66.7 Å². The largest absolute Gasteiger partial charge is 0.508 e. The molecule has 1 aromatic rings. The number of nitrogens with one attached hydrogen (secondary N) is 1. The zero-order valence-electron chi connectivity index (χ0n) is 35.9. The first-order chi connectivity index (χ1) is 29.0. The van der Waals surface area contributed by atoms with E-state index in [0.717, 1.165) is 11.1 Å². The van der Waals surface area contributed by atoms with Crippen LogP contribution in [0.3, 0.4) is 0 Å². The number of aliphatic carboxylic acids is 1. The van der Waals surface area contributed by atoms with Crippen LogP contribution in [0.15, 0.2) is 52.2 Å². The number of carboxylic acid groups (broad SMARTS) is 1. The van der Waals surface area contributed by atoms with Gasteiger partial charge in [-0.3, -0.25) is 9.59 Å². The highest BCUT2D eigenvalue weighted by atomic mass is 33.1. The number of ether oxygens (including phenoxy) is 7. The molecule has 2 bridgehead atoms. The first kappa shape index (κ1) is 47.9. The van der Waals surface area contributed by atoms with Crippen molar-refractivity contribution in [3.63, 3.8) is 0 Å². The van der Waals surface area contributed by atoms with Crippen LogP contribution >= 0.6 is 21.6 Å². The van der Waals surface area contributed by atoms with E-state index in [-0.39, 0.29) is 49.1 Å². The van der Waals surface area contributed by atoms with E-state index in [1.165, 1.54) is 28.5 Å². The fourth-order valence-electron chi connectivity index (χ4n) is 7.69. The Bertz CT molecular complexity index is 1860. The van der Waals surface area contributed by atoms with Crippen molar-refractivity contribution in [3.05, 3.63) is 59.4 Å². The highest BCUT2D eigenvalue weighted by Gasteiger charge is 2.60. The molecule has 0 aliphatic carbocycles. The molecule has 61 heavy (non-hydrogen) atoms. The second kappa shape index (κ2) is 21.8. The van der Waals surface area contributed by atoms with Crippen molar-refractivity contribution in [2.45, 2.75) is 129 Å². The van der Waals surface area contributed by atoms with Gasteiger partial charge >= 0.3 is 24.1 Å². The van der Waals surface area contributed by atoms with Gasteiger partial charge in [0.2, 0.25) is 5.91 Å². The molecule has 1 aromatic heterocycles. The van der Waals surface area contributed by atoms with Gasteiger partial charge in [0, 0.05) is 57.1 Å². The highest BCUT2D eigenvalue weighted by Crippen LogP contribution is 2.46. The number of oxazole rings is 1. The number of rotatable bonds is 16. The van der Waals surface area contributed by atoms with E-state index in [4.69, 9.17) is 37.6 Å². The number of carboxylic acids is 1. The lowest BCUT2D eigenvalue weighted by molar-refractivity contribution is -0.159. The third-order valence-electron chi connectivity index (χ3n) is 11.2. The number of methoxy groups -OCH3 is 1. The third kappa shape index (κ3) is 13.9. The summed E-state index contributed by atoms with van der Waals surface area (Å²) in [5.74, 6) is -2.07. The number of aryl methyl sites for hydroxylation is 1. The molecule has 4 aliphatic heterocycles. The number of carbonyl (C=O) groups is 5. The predicted molar refractivity (Wildman–Crippen MR) is 226 cm³/mol. The van der Waals surface area contributed by atoms with Crippen molar-refractivity contribution >= 4 is 57.6 Å². The lowest BCUT2D eigenvalue weighted by Gasteiger charge is -2.33. The zero-order chi connectivity index (χ0) is 44.4. The van der Waals surface area contributed by atoms with Gasteiger partial charge in [-0.05, 0) is 56.8 Å². The number of amides is 1. The van der Waals surface area contributed by atoms with Crippen LogP contribution in [0.4, 0.5) is 4.79 Å². The van der Waals surface area contributed by atoms with Crippen LogP contribution in [-0.4, -0.2) is 120 Å². The average molecular weight is 891 g/mol. The Kier molecular flexibility index (Phi) is 17.1. The van der Waals surface area contributed by atoms with Gasteiger partial charge in [0.15, 0.2) is 12.0 Å². The van der Waals surface area contributed by atoms with E-state index in [2.05, 4.69) is 10.3 Å². The lowest BCUT2D eigenvalue weighted by atomic mass is 9.84. The Hall–Kier alpha value is -4.10. The number of epoxide rings is 2. The number of nitrogens with zero attached hydrogens (tertiary/aromatic N) is 1. The number of hydrogen-bond acceptors (Lipinski definition) is 16. The maximum absolute atomic E-state index is 13.8. The molecule has 16 nitrogen and oxygen atoms in total. The summed E-state index contributed by atoms with van der Waals surface area (Å²) in [4.78, 5) is 66.9. The molecule has 0 saturated carbocycles. The molecule has 336 valence electrons. The van der Waals surface area contributed by atoms with E-state index < -0.39 is 78.2 Å². The maximum Gasteiger partial charge on any atom is 0.508 e. The molecule has 3 saturated heterocycles. The molecule has 5 rings (SSSR count). The normalized spacial score (nSPS) is 31.3. The number of aromatic nitrogens is 1. The molecule has 5 heterocycles. The first-order valence-electron chi connectivity index (χ1n) is 20.4. The summed E-state index contributed by atoms with van der Waals surface area (Å²) in [5, 5.41) is 11.7. The van der Waals surface area contributed by atoms with Gasteiger partial charge in [-0.25, -0.2) is 19.4 Å². The summed E-state index contributed by atoms with van der Waals surface area (Å²) in [5.41, 5.74) is 1.47. The Morgan fingerprint density at radius 2 is 1.85 bits per heavy atom. The van der Waals surface area contributed by atoms with Crippen LogP contribution in [0, 0.1) is 24.7 Å². The van der Waals surface area contributed by atoms with E-state index >= 15 is 0 Å². The SMILES string of the molecule is CO[C@@H](/C(C)=C/C=C/C(C)=C/c1coc(C)n1)[C@@H](C)[C@@H]1C[C@H](OC(=O)OCCSSC[C@H](NC(C)=O)C(=O)O)[C@@]2(C)O[C@@H]2/C=C/[C@@H](C)[C@H]2C[C@H](CC(=O)O2)C[C@@H]2O[C@H]2C(=O)O1. The van der Waals surface area contributed by atoms with Crippen LogP contribution in [0.25, 0.3) is 6.08 Å². The fourth-order valence-corrected chi connectivity index (χ4v) is 9.67. The second-order valence-corrected chi connectivity index (χ2v) is 18.8. The van der Waals surface area contributed by atoms with Gasteiger partial charge in [0.1, 0.15) is 54.6 Å². The van der Waals surface area contributed by atoms with Crippen molar-refractivity contribution in [2.75, 3.05) is 25.2 Å². The molecule has 0 radical (unpaired) electrons. The Balaban J connectivity index is 1.34. The monoisotopic (exact) mass is 890 g/mol. The van der Waals surface area contributed by atoms with Crippen LogP contribution in [0.1, 0.15) is 78.8 Å². The Labute approximate surface area is 364 Å². The van der Waals surface area contributed by atoms with E-state index in [1.54, 1.807) is 20.3 Å². The quantitative estimate of drug-likeness (QED) is 0.0361. The van der Waals surface area contributed by atoms with Gasteiger partial charge in [-0.2, -0.15) is 0 Å². The molecule has 0 unspecified atom stereocenters. The Morgan fingerprint density at radius 3 is 2.54 bits per heavy atom. The topological polar surface area (TPSA) is 215 Å². The van der Waals surface area contributed by atoms with Gasteiger partial charge < -0.3 is 48.0 Å². The number of hydrogen-bond donors (Lipinski definition) is 2. The van der Waals surface area contributed by atoms with Crippen molar-refractivity contribution in [1.82, 2.24) is 10.3 Å². The molecule has 12 atom stereocenters. The predicted octanol–water partition coefficient (Wildman–Crippen LogP) is 6.18. The van der Waals surface area contributed by atoms with Gasteiger partial charge in [-0.1, -0.05) is 65.8 Å². The smallest absolute Gasteiger partial charge is 0.480 e. The number of cyclic esters (lactones) is 1. The fraction of sp³-hybridized carbons (Fsp3) is 0.628. The maximum atomic E-state index is 13.8. The number of esters is 2. The molecule has 0 aromatic carbocycles. The van der Waals surface area contributed by atoms with Crippen LogP contribution in [0.2, 0.25) is 0 Å². The number of carbonyl (C=O) groups excluding carboxylic acids is 4. The summed E-state index contributed by atoms with van der Waals surface area (Å²) in [6, 6.07) is -1.06. The van der Waals surface area contributed by atoms with Crippen molar-refractivity contribution in [2.24, 2.45) is 17.8 Å². The third-order valence-corrected chi connectivity index (χ3v) is 13.6. The molecule has 0 spiro atoms. The average Bonchev–Trinajstić information content (AvgIpc) is 4.07.